The summed E-state index contributed by atoms with van der Waals surface area (Å²) in [5, 5.41) is 1.62. The first-order chi connectivity index (χ1) is 9.65. The fourth-order valence-corrected chi connectivity index (χ4v) is 3.34. The van der Waals surface area contributed by atoms with Crippen molar-refractivity contribution in [2.75, 3.05) is 6.61 Å². The Morgan fingerprint density at radius 2 is 1.70 bits per heavy atom. The van der Waals surface area contributed by atoms with E-state index in [9.17, 15) is 8.42 Å². The third-order valence-electron chi connectivity index (χ3n) is 3.26. The zero-order valence-electron chi connectivity index (χ0n) is 11.7. The number of unbranched alkanes of at least 4 members (excludes halogenated alkanes) is 3. The topological polar surface area (TPSA) is 43.4 Å². The van der Waals surface area contributed by atoms with E-state index in [1.54, 1.807) is 12.1 Å². The molecule has 0 aliphatic carbocycles. The van der Waals surface area contributed by atoms with E-state index in [1.165, 1.54) is 0 Å². The van der Waals surface area contributed by atoms with Crippen LogP contribution in [0.1, 0.15) is 32.6 Å². The zero-order valence-corrected chi connectivity index (χ0v) is 12.5. The Labute approximate surface area is 120 Å². The van der Waals surface area contributed by atoms with Gasteiger partial charge in [0, 0.05) is 5.39 Å². The van der Waals surface area contributed by atoms with Crippen molar-refractivity contribution in [1.29, 1.82) is 0 Å². The van der Waals surface area contributed by atoms with Crippen molar-refractivity contribution in [2.45, 2.75) is 37.5 Å². The minimum Gasteiger partial charge on any atom is -0.266 e. The Kier molecular flexibility index (Phi) is 5.15. The van der Waals surface area contributed by atoms with Gasteiger partial charge in [0.15, 0.2) is 0 Å². The van der Waals surface area contributed by atoms with Crippen LogP contribution < -0.4 is 0 Å². The van der Waals surface area contributed by atoms with Crippen molar-refractivity contribution < 1.29 is 12.6 Å². The molecular formula is C16H20O3S. The summed E-state index contributed by atoms with van der Waals surface area (Å²) in [6, 6.07) is 12.7. The molecule has 0 aromatic heterocycles. The first-order valence-electron chi connectivity index (χ1n) is 7.02. The van der Waals surface area contributed by atoms with E-state index >= 15 is 0 Å². The van der Waals surface area contributed by atoms with Gasteiger partial charge in [0.25, 0.3) is 10.1 Å². The average molecular weight is 292 g/mol. The van der Waals surface area contributed by atoms with Gasteiger partial charge in [0.1, 0.15) is 4.90 Å². The van der Waals surface area contributed by atoms with E-state index in [1.807, 2.05) is 30.3 Å². The first-order valence-corrected chi connectivity index (χ1v) is 8.43. The fraction of sp³-hybridized carbons (Fsp3) is 0.375. The van der Waals surface area contributed by atoms with E-state index in [-0.39, 0.29) is 11.5 Å². The molecule has 2 rings (SSSR count). The van der Waals surface area contributed by atoms with Crippen LogP contribution in [0.2, 0.25) is 0 Å². The molecule has 0 saturated carbocycles. The maximum absolute atomic E-state index is 12.3. The van der Waals surface area contributed by atoms with Crippen LogP contribution in [0.5, 0.6) is 0 Å². The van der Waals surface area contributed by atoms with Crippen LogP contribution in [-0.4, -0.2) is 15.0 Å². The van der Waals surface area contributed by atoms with E-state index in [4.69, 9.17) is 4.18 Å². The Morgan fingerprint density at radius 1 is 0.950 bits per heavy atom. The molecule has 0 unspecified atom stereocenters. The lowest BCUT2D eigenvalue weighted by Crippen LogP contribution is -2.08. The second-order valence-corrected chi connectivity index (χ2v) is 6.40. The average Bonchev–Trinajstić information content (AvgIpc) is 2.46. The molecule has 0 spiro atoms. The lowest BCUT2D eigenvalue weighted by atomic mass is 10.1. The van der Waals surface area contributed by atoms with E-state index in [0.29, 0.717) is 5.39 Å². The molecule has 0 N–H and O–H groups in total. The molecule has 0 heterocycles. The summed E-state index contributed by atoms with van der Waals surface area (Å²) in [6.07, 6.45) is 4.01. The van der Waals surface area contributed by atoms with Gasteiger partial charge in [-0.2, -0.15) is 8.42 Å². The van der Waals surface area contributed by atoms with Crippen LogP contribution in [-0.2, 0) is 14.3 Å². The highest BCUT2D eigenvalue weighted by Gasteiger charge is 2.17. The Morgan fingerprint density at radius 3 is 2.50 bits per heavy atom. The molecule has 108 valence electrons. The fourth-order valence-electron chi connectivity index (χ4n) is 2.17. The largest absolute Gasteiger partial charge is 0.297 e. The van der Waals surface area contributed by atoms with Crippen LogP contribution in [0.3, 0.4) is 0 Å². The normalized spacial score (nSPS) is 11.8. The highest BCUT2D eigenvalue weighted by molar-refractivity contribution is 7.87. The van der Waals surface area contributed by atoms with Crippen molar-refractivity contribution in [3.63, 3.8) is 0 Å². The van der Waals surface area contributed by atoms with Gasteiger partial charge in [-0.1, -0.05) is 62.6 Å². The van der Waals surface area contributed by atoms with Gasteiger partial charge in [-0.15, -0.1) is 0 Å². The minimum absolute atomic E-state index is 0.256. The standard InChI is InChI=1S/C16H20O3S/c1-2-3-4-7-13-19-20(17,18)16-12-8-10-14-9-5-6-11-15(14)16/h5-6,8-12H,2-4,7,13H2,1H3. The maximum atomic E-state index is 12.3. The highest BCUT2D eigenvalue weighted by Crippen LogP contribution is 2.24. The van der Waals surface area contributed by atoms with Crippen LogP contribution in [0.4, 0.5) is 0 Å². The Hall–Kier alpha value is -1.39. The summed E-state index contributed by atoms with van der Waals surface area (Å²) in [4.78, 5) is 0.256. The van der Waals surface area contributed by atoms with Crippen molar-refractivity contribution in [1.82, 2.24) is 0 Å². The monoisotopic (exact) mass is 292 g/mol. The summed E-state index contributed by atoms with van der Waals surface area (Å²) < 4.78 is 29.7. The SMILES string of the molecule is CCCCCCOS(=O)(=O)c1cccc2ccccc12. The first kappa shape index (κ1) is 15.0. The molecule has 3 nitrogen and oxygen atoms in total. The van der Waals surface area contributed by atoms with Gasteiger partial charge in [-0.25, -0.2) is 0 Å². The van der Waals surface area contributed by atoms with Gasteiger partial charge in [-0.3, -0.25) is 4.18 Å². The molecule has 0 atom stereocenters. The minimum atomic E-state index is -3.67. The molecule has 0 bridgehead atoms. The molecule has 0 amide bonds. The number of hydrogen-bond donors (Lipinski definition) is 0. The van der Waals surface area contributed by atoms with Crippen LogP contribution in [0.25, 0.3) is 10.8 Å². The summed E-state index contributed by atoms with van der Waals surface area (Å²) in [5.41, 5.74) is 0. The lowest BCUT2D eigenvalue weighted by Gasteiger charge is -2.08. The molecule has 4 heteroatoms. The second-order valence-electron chi connectivity index (χ2n) is 4.81. The van der Waals surface area contributed by atoms with Gasteiger partial charge < -0.3 is 0 Å². The molecule has 0 aliphatic heterocycles. The molecule has 0 radical (unpaired) electrons. The summed E-state index contributed by atoms with van der Waals surface area (Å²) in [5.74, 6) is 0. The van der Waals surface area contributed by atoms with Gasteiger partial charge in [-0.05, 0) is 17.9 Å². The van der Waals surface area contributed by atoms with E-state index < -0.39 is 10.1 Å². The quantitative estimate of drug-likeness (QED) is 0.569. The molecule has 2 aromatic rings. The van der Waals surface area contributed by atoms with Crippen LogP contribution >= 0.6 is 0 Å². The summed E-state index contributed by atoms with van der Waals surface area (Å²) in [6.45, 7) is 2.37. The van der Waals surface area contributed by atoms with Crippen molar-refractivity contribution in [2.24, 2.45) is 0 Å². The third kappa shape index (κ3) is 3.58. The van der Waals surface area contributed by atoms with Crippen molar-refractivity contribution >= 4 is 20.9 Å². The predicted octanol–water partition coefficient (Wildman–Crippen LogP) is 4.13. The predicted molar refractivity (Wildman–Crippen MR) is 81.2 cm³/mol. The third-order valence-corrected chi connectivity index (χ3v) is 4.63. The second kappa shape index (κ2) is 6.86. The van der Waals surface area contributed by atoms with Gasteiger partial charge in [0.2, 0.25) is 0 Å². The number of benzene rings is 2. The number of rotatable bonds is 7. The summed E-state index contributed by atoms with van der Waals surface area (Å²) in [7, 11) is -3.67. The van der Waals surface area contributed by atoms with Crippen LogP contribution in [0.15, 0.2) is 47.4 Å². The molecular weight excluding hydrogens is 272 g/mol. The Bertz CT molecular complexity index is 657. The number of hydrogen-bond acceptors (Lipinski definition) is 3. The number of fused-ring (bicyclic) bond motifs is 1. The zero-order chi connectivity index (χ0) is 14.4. The Balaban J connectivity index is 2.15. The molecule has 0 saturated heterocycles. The summed E-state index contributed by atoms with van der Waals surface area (Å²) >= 11 is 0. The molecule has 20 heavy (non-hydrogen) atoms. The highest BCUT2D eigenvalue weighted by atomic mass is 32.2. The molecule has 2 aromatic carbocycles. The molecule has 0 fully saturated rings. The molecule has 0 aliphatic rings. The van der Waals surface area contributed by atoms with Gasteiger partial charge >= 0.3 is 0 Å². The van der Waals surface area contributed by atoms with Gasteiger partial charge in [0.05, 0.1) is 6.61 Å². The smallest absolute Gasteiger partial charge is 0.266 e. The van der Waals surface area contributed by atoms with E-state index in [2.05, 4.69) is 6.92 Å². The lowest BCUT2D eigenvalue weighted by molar-refractivity contribution is 0.307. The van der Waals surface area contributed by atoms with E-state index in [0.717, 1.165) is 31.1 Å². The van der Waals surface area contributed by atoms with Crippen molar-refractivity contribution in [3.05, 3.63) is 42.5 Å². The maximum Gasteiger partial charge on any atom is 0.297 e. The van der Waals surface area contributed by atoms with Crippen LogP contribution in [0, 0.1) is 0 Å². The van der Waals surface area contributed by atoms with Crippen molar-refractivity contribution in [3.8, 4) is 0 Å².